The molecular formula is C16H18N2O6. The van der Waals surface area contributed by atoms with Crippen molar-refractivity contribution in [2.75, 3.05) is 0 Å². The Labute approximate surface area is 138 Å². The molecule has 1 aromatic rings. The number of hydrogen-bond acceptors (Lipinski definition) is 5. The molecule has 8 nitrogen and oxygen atoms in total. The highest BCUT2D eigenvalue weighted by molar-refractivity contribution is 6.04. The molecule has 8 heteroatoms. The second-order valence-electron chi connectivity index (χ2n) is 6.21. The van der Waals surface area contributed by atoms with E-state index in [4.69, 9.17) is 15.6 Å². The van der Waals surface area contributed by atoms with Crippen LogP contribution in [0.1, 0.15) is 47.4 Å². The van der Waals surface area contributed by atoms with Crippen molar-refractivity contribution >= 4 is 23.6 Å². The molecule has 0 fully saturated rings. The highest BCUT2D eigenvalue weighted by Gasteiger charge is 2.33. The van der Waals surface area contributed by atoms with Gasteiger partial charge in [0.25, 0.3) is 5.91 Å². The molecule has 1 atom stereocenters. The van der Waals surface area contributed by atoms with Crippen LogP contribution >= 0.6 is 0 Å². The van der Waals surface area contributed by atoms with E-state index in [0.29, 0.717) is 5.75 Å². The van der Waals surface area contributed by atoms with Crippen molar-refractivity contribution in [1.29, 1.82) is 0 Å². The zero-order valence-corrected chi connectivity index (χ0v) is 13.3. The summed E-state index contributed by atoms with van der Waals surface area (Å²) in [5.41, 5.74) is 4.71. The third kappa shape index (κ3) is 3.89. The van der Waals surface area contributed by atoms with E-state index in [1.165, 1.54) is 18.2 Å². The van der Waals surface area contributed by atoms with Gasteiger partial charge in [0, 0.05) is 5.56 Å². The van der Waals surface area contributed by atoms with Crippen LogP contribution in [0.3, 0.4) is 0 Å². The SMILES string of the molecule is CC1(C)CC(=O)c2cc(C(=O)NC(CC(N)=O)C(=O)O)ccc2O1. The molecule has 1 aliphatic heterocycles. The molecule has 1 heterocycles. The van der Waals surface area contributed by atoms with Crippen LogP contribution in [-0.4, -0.2) is 40.3 Å². The fourth-order valence-electron chi connectivity index (χ4n) is 2.44. The molecule has 1 aromatic carbocycles. The topological polar surface area (TPSA) is 136 Å². The van der Waals surface area contributed by atoms with Gasteiger partial charge in [-0.3, -0.25) is 14.4 Å². The van der Waals surface area contributed by atoms with Gasteiger partial charge in [0.1, 0.15) is 17.4 Å². The van der Waals surface area contributed by atoms with Crippen LogP contribution in [0.2, 0.25) is 0 Å². The Kier molecular flexibility index (Phi) is 4.59. The quantitative estimate of drug-likeness (QED) is 0.717. The summed E-state index contributed by atoms with van der Waals surface area (Å²) in [5, 5.41) is 11.2. The summed E-state index contributed by atoms with van der Waals surface area (Å²) < 4.78 is 5.69. The van der Waals surface area contributed by atoms with Crippen molar-refractivity contribution in [3.63, 3.8) is 0 Å². The molecule has 2 rings (SSSR count). The number of fused-ring (bicyclic) bond motifs is 1. The van der Waals surface area contributed by atoms with Gasteiger partial charge in [0.2, 0.25) is 5.91 Å². The molecule has 2 amide bonds. The Morgan fingerprint density at radius 2 is 2.04 bits per heavy atom. The van der Waals surface area contributed by atoms with E-state index in [0.717, 1.165) is 0 Å². The summed E-state index contributed by atoms with van der Waals surface area (Å²) in [4.78, 5) is 46.3. The zero-order valence-electron chi connectivity index (χ0n) is 13.3. The van der Waals surface area contributed by atoms with Gasteiger partial charge in [-0.25, -0.2) is 4.79 Å². The number of nitrogens with two attached hydrogens (primary N) is 1. The van der Waals surface area contributed by atoms with Gasteiger partial charge < -0.3 is 20.9 Å². The molecule has 24 heavy (non-hydrogen) atoms. The van der Waals surface area contributed by atoms with Crippen LogP contribution in [0.4, 0.5) is 0 Å². The number of ketones is 1. The van der Waals surface area contributed by atoms with Crippen LogP contribution < -0.4 is 15.8 Å². The molecule has 0 aromatic heterocycles. The van der Waals surface area contributed by atoms with Crippen molar-refractivity contribution in [1.82, 2.24) is 5.32 Å². The molecule has 0 bridgehead atoms. The van der Waals surface area contributed by atoms with Crippen LogP contribution in [0.5, 0.6) is 5.75 Å². The number of Topliss-reactive ketones (excluding diaryl/α,β-unsaturated/α-hetero) is 1. The highest BCUT2D eigenvalue weighted by Crippen LogP contribution is 2.33. The van der Waals surface area contributed by atoms with Gasteiger partial charge in [-0.15, -0.1) is 0 Å². The van der Waals surface area contributed by atoms with E-state index in [1.807, 2.05) is 0 Å². The predicted octanol–water partition coefficient (Wildman–Crippen LogP) is 0.489. The number of primary amides is 1. The second kappa shape index (κ2) is 6.31. The van der Waals surface area contributed by atoms with Crippen molar-refractivity contribution in [2.24, 2.45) is 5.73 Å². The van der Waals surface area contributed by atoms with E-state index in [-0.39, 0.29) is 23.3 Å². The van der Waals surface area contributed by atoms with Crippen molar-refractivity contribution in [3.8, 4) is 5.75 Å². The van der Waals surface area contributed by atoms with Gasteiger partial charge >= 0.3 is 5.97 Å². The first-order valence-corrected chi connectivity index (χ1v) is 7.27. The van der Waals surface area contributed by atoms with E-state index < -0.39 is 35.8 Å². The van der Waals surface area contributed by atoms with Gasteiger partial charge in [0.15, 0.2) is 5.78 Å². The number of carbonyl (C=O) groups is 4. The lowest BCUT2D eigenvalue weighted by molar-refractivity contribution is -0.140. The number of nitrogens with one attached hydrogen (secondary N) is 1. The minimum atomic E-state index is -1.43. The Morgan fingerprint density at radius 3 is 2.62 bits per heavy atom. The van der Waals surface area contributed by atoms with E-state index >= 15 is 0 Å². The first-order valence-electron chi connectivity index (χ1n) is 7.27. The van der Waals surface area contributed by atoms with Crippen LogP contribution in [0.15, 0.2) is 18.2 Å². The molecule has 128 valence electrons. The third-order valence-corrected chi connectivity index (χ3v) is 3.52. The predicted molar refractivity (Wildman–Crippen MR) is 82.8 cm³/mol. The van der Waals surface area contributed by atoms with E-state index in [9.17, 15) is 19.2 Å². The molecule has 0 saturated carbocycles. The fourth-order valence-corrected chi connectivity index (χ4v) is 2.44. The molecule has 4 N–H and O–H groups in total. The van der Waals surface area contributed by atoms with Gasteiger partial charge in [-0.1, -0.05) is 0 Å². The molecule has 1 unspecified atom stereocenters. The maximum atomic E-state index is 12.2. The lowest BCUT2D eigenvalue weighted by Crippen LogP contribution is -2.43. The number of carboxylic acids is 1. The standard InChI is InChI=1S/C16H18N2O6/c1-16(2)7-11(19)9-5-8(3-4-12(9)24-16)14(21)18-10(15(22)23)6-13(17)20/h3-5,10H,6-7H2,1-2H3,(H2,17,20)(H,18,21)(H,22,23). The van der Waals surface area contributed by atoms with Crippen molar-refractivity contribution in [3.05, 3.63) is 29.3 Å². The lowest BCUT2D eigenvalue weighted by Gasteiger charge is -2.31. The zero-order chi connectivity index (χ0) is 18.1. The number of ether oxygens (including phenoxy) is 1. The molecule has 1 aliphatic rings. The summed E-state index contributed by atoms with van der Waals surface area (Å²) >= 11 is 0. The highest BCUT2D eigenvalue weighted by atomic mass is 16.5. The maximum Gasteiger partial charge on any atom is 0.326 e. The number of hydrogen-bond donors (Lipinski definition) is 3. The Balaban J connectivity index is 2.22. The molecule has 0 aliphatic carbocycles. The van der Waals surface area contributed by atoms with Gasteiger partial charge in [-0.05, 0) is 32.0 Å². The van der Waals surface area contributed by atoms with E-state index in [2.05, 4.69) is 5.32 Å². The Morgan fingerprint density at radius 1 is 1.38 bits per heavy atom. The van der Waals surface area contributed by atoms with Gasteiger partial charge in [0.05, 0.1) is 18.4 Å². The molecular weight excluding hydrogens is 316 g/mol. The van der Waals surface area contributed by atoms with Crippen LogP contribution in [-0.2, 0) is 9.59 Å². The number of rotatable bonds is 5. The normalized spacial score (nSPS) is 16.5. The molecule has 0 saturated heterocycles. The number of carboxylic acid groups (broad SMARTS) is 1. The maximum absolute atomic E-state index is 12.2. The number of carbonyl (C=O) groups excluding carboxylic acids is 3. The summed E-state index contributed by atoms with van der Waals surface area (Å²) in [6, 6.07) is 2.83. The average molecular weight is 334 g/mol. The first kappa shape index (κ1) is 17.5. The van der Waals surface area contributed by atoms with Gasteiger partial charge in [-0.2, -0.15) is 0 Å². The number of benzene rings is 1. The minimum Gasteiger partial charge on any atom is -0.487 e. The second-order valence-corrected chi connectivity index (χ2v) is 6.21. The minimum absolute atomic E-state index is 0.0983. The van der Waals surface area contributed by atoms with Crippen LogP contribution in [0.25, 0.3) is 0 Å². The van der Waals surface area contributed by atoms with E-state index in [1.54, 1.807) is 13.8 Å². The molecule has 0 spiro atoms. The largest absolute Gasteiger partial charge is 0.487 e. The monoisotopic (exact) mass is 334 g/mol. The smallest absolute Gasteiger partial charge is 0.326 e. The fraction of sp³-hybridized carbons (Fsp3) is 0.375. The Hall–Kier alpha value is -2.90. The molecule has 0 radical (unpaired) electrons. The van der Waals surface area contributed by atoms with Crippen molar-refractivity contribution < 1.29 is 29.0 Å². The summed E-state index contributed by atoms with van der Waals surface area (Å²) in [7, 11) is 0. The number of aliphatic carboxylic acids is 1. The Bertz CT molecular complexity index is 725. The van der Waals surface area contributed by atoms with Crippen molar-refractivity contribution in [2.45, 2.75) is 38.3 Å². The first-order chi connectivity index (χ1) is 11.1. The third-order valence-electron chi connectivity index (χ3n) is 3.52. The summed E-state index contributed by atoms with van der Waals surface area (Å²) in [6.45, 7) is 3.57. The van der Waals surface area contributed by atoms with Crippen LogP contribution in [0, 0.1) is 0 Å². The summed E-state index contributed by atoms with van der Waals surface area (Å²) in [5.74, 6) is -2.73. The lowest BCUT2D eigenvalue weighted by atomic mass is 9.92. The average Bonchev–Trinajstić information content (AvgIpc) is 2.44. The number of amides is 2. The summed E-state index contributed by atoms with van der Waals surface area (Å²) in [6.07, 6.45) is -0.354.